The third kappa shape index (κ3) is 4.40. The van der Waals surface area contributed by atoms with Gasteiger partial charge in [0.2, 0.25) is 0 Å². The van der Waals surface area contributed by atoms with E-state index >= 15 is 0 Å². The van der Waals surface area contributed by atoms with Crippen LogP contribution >= 0.6 is 0 Å². The highest BCUT2D eigenvalue weighted by Gasteiger charge is 2.12. The molecule has 94 valence electrons. The number of benzene rings is 1. The minimum absolute atomic E-state index is 0.126. The average molecular weight is 238 g/mol. The van der Waals surface area contributed by atoms with Gasteiger partial charge in [0.05, 0.1) is 4.92 Å². The summed E-state index contributed by atoms with van der Waals surface area (Å²) in [6.45, 7) is 5.82. The lowest BCUT2D eigenvalue weighted by Crippen LogP contribution is -2.07. The van der Waals surface area contributed by atoms with Crippen molar-refractivity contribution < 1.29 is 9.66 Å². The largest absolute Gasteiger partial charge is 0.382 e. The molecule has 0 aliphatic heterocycles. The highest BCUT2D eigenvalue weighted by atomic mass is 16.6. The molecular formula is C12H18N2O3. The Morgan fingerprint density at radius 2 is 2.24 bits per heavy atom. The van der Waals surface area contributed by atoms with E-state index in [1.165, 1.54) is 0 Å². The van der Waals surface area contributed by atoms with E-state index in [9.17, 15) is 10.1 Å². The van der Waals surface area contributed by atoms with Gasteiger partial charge >= 0.3 is 0 Å². The summed E-state index contributed by atoms with van der Waals surface area (Å²) in [5.74, 6) is 0. The molecule has 0 saturated heterocycles. The maximum Gasteiger partial charge on any atom is 0.292 e. The number of hydrogen-bond acceptors (Lipinski definition) is 4. The Morgan fingerprint density at radius 3 is 2.88 bits per heavy atom. The molecular weight excluding hydrogens is 220 g/mol. The van der Waals surface area contributed by atoms with Crippen molar-refractivity contribution in [2.75, 3.05) is 25.1 Å². The Morgan fingerprint density at radius 1 is 1.47 bits per heavy atom. The van der Waals surface area contributed by atoms with E-state index in [1.807, 2.05) is 19.9 Å². The highest BCUT2D eigenvalue weighted by molar-refractivity contribution is 5.62. The van der Waals surface area contributed by atoms with Crippen molar-refractivity contribution in [1.82, 2.24) is 0 Å². The van der Waals surface area contributed by atoms with E-state index in [2.05, 4.69) is 5.32 Å². The van der Waals surface area contributed by atoms with Gasteiger partial charge in [-0.2, -0.15) is 0 Å². The molecule has 0 heterocycles. The Bertz CT molecular complexity index is 380. The molecule has 1 aromatic carbocycles. The third-order valence-corrected chi connectivity index (χ3v) is 2.33. The number of hydrogen-bond donors (Lipinski definition) is 1. The van der Waals surface area contributed by atoms with E-state index in [0.29, 0.717) is 25.4 Å². The first-order valence-electron chi connectivity index (χ1n) is 5.71. The lowest BCUT2D eigenvalue weighted by atomic mass is 10.2. The van der Waals surface area contributed by atoms with Crippen LogP contribution in [0.2, 0.25) is 0 Å². The van der Waals surface area contributed by atoms with Gasteiger partial charge in [0.25, 0.3) is 5.69 Å². The summed E-state index contributed by atoms with van der Waals surface area (Å²) in [4.78, 5) is 10.5. The summed E-state index contributed by atoms with van der Waals surface area (Å²) < 4.78 is 5.19. The Labute approximate surface area is 101 Å². The standard InChI is InChI=1S/C12H18N2O3/c1-3-17-8-4-7-13-11-6-5-10(2)9-12(11)14(15)16/h5-6,9,13H,3-4,7-8H2,1-2H3. The normalized spacial score (nSPS) is 10.2. The summed E-state index contributed by atoms with van der Waals surface area (Å²) in [5.41, 5.74) is 1.58. The van der Waals surface area contributed by atoms with Gasteiger partial charge in [-0.3, -0.25) is 10.1 Å². The van der Waals surface area contributed by atoms with Crippen LogP contribution in [-0.4, -0.2) is 24.7 Å². The second-order valence-corrected chi connectivity index (χ2v) is 3.75. The lowest BCUT2D eigenvalue weighted by molar-refractivity contribution is -0.384. The molecule has 17 heavy (non-hydrogen) atoms. The first kappa shape index (κ1) is 13.4. The van der Waals surface area contributed by atoms with Gasteiger partial charge in [-0.1, -0.05) is 6.07 Å². The van der Waals surface area contributed by atoms with Gasteiger partial charge in [0.1, 0.15) is 5.69 Å². The van der Waals surface area contributed by atoms with E-state index in [0.717, 1.165) is 12.0 Å². The van der Waals surface area contributed by atoms with Crippen LogP contribution in [-0.2, 0) is 4.74 Å². The first-order valence-corrected chi connectivity index (χ1v) is 5.71. The molecule has 5 heteroatoms. The minimum atomic E-state index is -0.363. The molecule has 0 amide bonds. The molecule has 0 spiro atoms. The van der Waals surface area contributed by atoms with E-state index in [1.54, 1.807) is 12.1 Å². The number of rotatable bonds is 7. The van der Waals surface area contributed by atoms with Gasteiger partial charge in [-0.15, -0.1) is 0 Å². The fourth-order valence-corrected chi connectivity index (χ4v) is 1.48. The molecule has 0 fully saturated rings. The average Bonchev–Trinajstić information content (AvgIpc) is 2.30. The number of nitro groups is 1. The van der Waals surface area contributed by atoms with Gasteiger partial charge in [0, 0.05) is 25.8 Å². The van der Waals surface area contributed by atoms with Gasteiger partial charge in [0.15, 0.2) is 0 Å². The van der Waals surface area contributed by atoms with Crippen molar-refractivity contribution >= 4 is 11.4 Å². The SMILES string of the molecule is CCOCCCNc1ccc(C)cc1[N+](=O)[O-]. The van der Waals surface area contributed by atoms with Crippen molar-refractivity contribution in [3.63, 3.8) is 0 Å². The molecule has 0 aliphatic rings. The molecule has 1 N–H and O–H groups in total. The highest BCUT2D eigenvalue weighted by Crippen LogP contribution is 2.24. The number of aryl methyl sites for hydroxylation is 1. The van der Waals surface area contributed by atoms with Crippen molar-refractivity contribution in [1.29, 1.82) is 0 Å². The second-order valence-electron chi connectivity index (χ2n) is 3.75. The van der Waals surface area contributed by atoms with Crippen molar-refractivity contribution in [3.05, 3.63) is 33.9 Å². The van der Waals surface area contributed by atoms with Crippen LogP contribution in [0, 0.1) is 17.0 Å². The maximum atomic E-state index is 10.9. The summed E-state index contributed by atoms with van der Waals surface area (Å²) in [6, 6.07) is 5.18. The molecule has 1 rings (SSSR count). The van der Waals surface area contributed by atoms with E-state index < -0.39 is 0 Å². The van der Waals surface area contributed by atoms with E-state index in [-0.39, 0.29) is 10.6 Å². The molecule has 1 aromatic rings. The monoisotopic (exact) mass is 238 g/mol. The Hall–Kier alpha value is -1.62. The zero-order valence-corrected chi connectivity index (χ0v) is 10.2. The second kappa shape index (κ2) is 6.85. The van der Waals surface area contributed by atoms with Crippen LogP contribution in [0.25, 0.3) is 0 Å². The molecule has 0 radical (unpaired) electrons. The van der Waals surface area contributed by atoms with Gasteiger partial charge in [-0.05, 0) is 31.9 Å². The molecule has 0 bridgehead atoms. The summed E-state index contributed by atoms with van der Waals surface area (Å²) in [7, 11) is 0. The fourth-order valence-electron chi connectivity index (χ4n) is 1.48. The summed E-state index contributed by atoms with van der Waals surface area (Å²) >= 11 is 0. The summed E-state index contributed by atoms with van der Waals surface area (Å²) in [6.07, 6.45) is 0.832. The molecule has 0 aliphatic carbocycles. The smallest absolute Gasteiger partial charge is 0.292 e. The van der Waals surface area contributed by atoms with Crippen LogP contribution in [0.3, 0.4) is 0 Å². The van der Waals surface area contributed by atoms with Gasteiger partial charge in [-0.25, -0.2) is 0 Å². The number of ether oxygens (including phenoxy) is 1. The van der Waals surface area contributed by atoms with Crippen molar-refractivity contribution in [2.24, 2.45) is 0 Å². The number of nitrogens with one attached hydrogen (secondary N) is 1. The molecule has 5 nitrogen and oxygen atoms in total. The Balaban J connectivity index is 2.55. The van der Waals surface area contributed by atoms with Crippen LogP contribution in [0.15, 0.2) is 18.2 Å². The zero-order valence-electron chi connectivity index (χ0n) is 10.2. The number of nitrogens with zero attached hydrogens (tertiary/aromatic N) is 1. The van der Waals surface area contributed by atoms with E-state index in [4.69, 9.17) is 4.74 Å². The van der Waals surface area contributed by atoms with Crippen molar-refractivity contribution in [3.8, 4) is 0 Å². The van der Waals surface area contributed by atoms with Crippen LogP contribution < -0.4 is 5.32 Å². The summed E-state index contributed by atoms with van der Waals surface area (Å²) in [5, 5.41) is 13.9. The molecule has 0 saturated carbocycles. The first-order chi connectivity index (χ1) is 8.15. The van der Waals surface area contributed by atoms with Crippen LogP contribution in [0.4, 0.5) is 11.4 Å². The van der Waals surface area contributed by atoms with Crippen molar-refractivity contribution in [2.45, 2.75) is 20.3 Å². The Kier molecular flexibility index (Phi) is 5.42. The maximum absolute atomic E-state index is 10.9. The van der Waals surface area contributed by atoms with Gasteiger partial charge < -0.3 is 10.1 Å². The molecule has 0 aromatic heterocycles. The predicted molar refractivity (Wildman–Crippen MR) is 67.4 cm³/mol. The fraction of sp³-hybridized carbons (Fsp3) is 0.500. The van der Waals surface area contributed by atoms with Crippen LogP contribution in [0.5, 0.6) is 0 Å². The zero-order chi connectivity index (χ0) is 12.7. The molecule has 0 unspecified atom stereocenters. The quantitative estimate of drug-likeness (QED) is 0.450. The predicted octanol–water partition coefficient (Wildman–Crippen LogP) is 2.74. The van der Waals surface area contributed by atoms with Crippen LogP contribution in [0.1, 0.15) is 18.9 Å². The minimum Gasteiger partial charge on any atom is -0.382 e. The number of anilines is 1. The molecule has 0 atom stereocenters. The topological polar surface area (TPSA) is 64.4 Å². The number of nitro benzene ring substituents is 1. The third-order valence-electron chi connectivity index (χ3n) is 2.33. The lowest BCUT2D eigenvalue weighted by Gasteiger charge is -2.07.